The van der Waals surface area contributed by atoms with Crippen molar-refractivity contribution in [1.82, 2.24) is 4.98 Å². The first-order valence-corrected chi connectivity index (χ1v) is 5.45. The molecule has 0 spiro atoms. The average molecular weight is 285 g/mol. The summed E-state index contributed by atoms with van der Waals surface area (Å²) in [6.45, 7) is 4.00. The van der Waals surface area contributed by atoms with Crippen molar-refractivity contribution in [3.05, 3.63) is 40.2 Å². The SMILES string of the molecule is CC.Ic1nccc2ccccc12. The predicted molar refractivity (Wildman–Crippen MR) is 65.8 cm³/mol. The highest BCUT2D eigenvalue weighted by molar-refractivity contribution is 14.1. The number of rotatable bonds is 0. The summed E-state index contributed by atoms with van der Waals surface area (Å²) in [4.78, 5) is 4.19. The Morgan fingerprint density at radius 1 is 1.08 bits per heavy atom. The summed E-state index contributed by atoms with van der Waals surface area (Å²) in [6, 6.07) is 10.3. The molecule has 0 amide bonds. The highest BCUT2D eigenvalue weighted by atomic mass is 127. The Kier molecular flexibility index (Phi) is 4.15. The van der Waals surface area contributed by atoms with Gasteiger partial charge in [0.1, 0.15) is 3.70 Å². The van der Waals surface area contributed by atoms with E-state index in [-0.39, 0.29) is 0 Å². The molecule has 1 aromatic carbocycles. The maximum Gasteiger partial charge on any atom is 0.109 e. The molecule has 0 atom stereocenters. The molecule has 0 unspecified atom stereocenters. The van der Waals surface area contributed by atoms with Gasteiger partial charge in [-0.2, -0.15) is 0 Å². The molecule has 0 aliphatic carbocycles. The van der Waals surface area contributed by atoms with Crippen LogP contribution in [0.4, 0.5) is 0 Å². The Balaban J connectivity index is 0.000000396. The van der Waals surface area contributed by atoms with Crippen LogP contribution >= 0.6 is 22.6 Å². The molecule has 68 valence electrons. The molecule has 0 aliphatic rings. The minimum Gasteiger partial charge on any atom is -0.250 e. The van der Waals surface area contributed by atoms with Crippen molar-refractivity contribution >= 4 is 33.4 Å². The van der Waals surface area contributed by atoms with Crippen LogP contribution in [-0.4, -0.2) is 4.98 Å². The number of halogens is 1. The lowest BCUT2D eigenvalue weighted by molar-refractivity contribution is 1.31. The van der Waals surface area contributed by atoms with Crippen molar-refractivity contribution in [2.24, 2.45) is 0 Å². The summed E-state index contributed by atoms with van der Waals surface area (Å²) in [5.74, 6) is 0. The summed E-state index contributed by atoms with van der Waals surface area (Å²) in [5, 5.41) is 2.49. The topological polar surface area (TPSA) is 12.9 Å². The average Bonchev–Trinajstić information content (AvgIpc) is 2.22. The second kappa shape index (κ2) is 5.17. The number of nitrogens with zero attached hydrogens (tertiary/aromatic N) is 1. The van der Waals surface area contributed by atoms with Crippen molar-refractivity contribution in [2.75, 3.05) is 0 Å². The fourth-order valence-electron chi connectivity index (χ4n) is 1.08. The Bertz CT molecular complexity index is 379. The van der Waals surface area contributed by atoms with Gasteiger partial charge in [-0.25, -0.2) is 4.98 Å². The minimum atomic E-state index is 1.07. The van der Waals surface area contributed by atoms with Crippen molar-refractivity contribution in [3.8, 4) is 0 Å². The van der Waals surface area contributed by atoms with E-state index in [1.165, 1.54) is 10.8 Å². The normalized spacial score (nSPS) is 9.15. The van der Waals surface area contributed by atoms with Crippen LogP contribution in [0.5, 0.6) is 0 Å². The number of aromatic nitrogens is 1. The van der Waals surface area contributed by atoms with Gasteiger partial charge in [0.05, 0.1) is 0 Å². The van der Waals surface area contributed by atoms with Crippen LogP contribution in [0.15, 0.2) is 36.5 Å². The molecule has 0 aliphatic heterocycles. The third-order valence-corrected chi connectivity index (χ3v) is 2.48. The Labute approximate surface area is 92.3 Å². The van der Waals surface area contributed by atoms with Crippen molar-refractivity contribution in [3.63, 3.8) is 0 Å². The smallest absolute Gasteiger partial charge is 0.109 e. The summed E-state index contributed by atoms with van der Waals surface area (Å²) in [6.07, 6.45) is 1.84. The van der Waals surface area contributed by atoms with Gasteiger partial charge in [-0.15, -0.1) is 0 Å². The van der Waals surface area contributed by atoms with Crippen LogP contribution in [0, 0.1) is 3.70 Å². The first-order valence-electron chi connectivity index (χ1n) is 4.37. The number of hydrogen-bond donors (Lipinski definition) is 0. The molecule has 0 bridgehead atoms. The lowest BCUT2D eigenvalue weighted by Crippen LogP contribution is -1.80. The maximum absolute atomic E-state index is 4.19. The molecular weight excluding hydrogens is 273 g/mol. The summed E-state index contributed by atoms with van der Waals surface area (Å²) in [5.41, 5.74) is 0. The second-order valence-electron chi connectivity index (χ2n) is 2.32. The second-order valence-corrected chi connectivity index (χ2v) is 3.34. The molecule has 0 fully saturated rings. The van der Waals surface area contributed by atoms with Gasteiger partial charge in [-0.3, -0.25) is 0 Å². The van der Waals surface area contributed by atoms with E-state index in [1.807, 2.05) is 38.2 Å². The lowest BCUT2D eigenvalue weighted by atomic mass is 10.2. The van der Waals surface area contributed by atoms with Crippen molar-refractivity contribution in [2.45, 2.75) is 13.8 Å². The van der Waals surface area contributed by atoms with E-state index < -0.39 is 0 Å². The quantitative estimate of drug-likeness (QED) is 0.529. The van der Waals surface area contributed by atoms with Gasteiger partial charge in [0.25, 0.3) is 0 Å². The fraction of sp³-hybridized carbons (Fsp3) is 0.182. The van der Waals surface area contributed by atoms with Gasteiger partial charge < -0.3 is 0 Å². The van der Waals surface area contributed by atoms with Gasteiger partial charge in [-0.05, 0) is 34.0 Å². The van der Waals surface area contributed by atoms with E-state index in [0.717, 1.165) is 3.70 Å². The number of benzene rings is 1. The number of pyridine rings is 1. The Hall–Kier alpha value is -0.640. The molecule has 0 saturated heterocycles. The van der Waals surface area contributed by atoms with Crippen LogP contribution in [0.1, 0.15) is 13.8 Å². The van der Waals surface area contributed by atoms with E-state index in [1.54, 1.807) is 0 Å². The molecule has 0 saturated carbocycles. The third-order valence-electron chi connectivity index (χ3n) is 1.63. The minimum absolute atomic E-state index is 1.07. The first-order chi connectivity index (χ1) is 6.38. The Morgan fingerprint density at radius 2 is 1.77 bits per heavy atom. The predicted octanol–water partition coefficient (Wildman–Crippen LogP) is 3.87. The van der Waals surface area contributed by atoms with Crippen molar-refractivity contribution in [1.29, 1.82) is 0 Å². The van der Waals surface area contributed by atoms with E-state index in [9.17, 15) is 0 Å². The van der Waals surface area contributed by atoms with E-state index in [4.69, 9.17) is 0 Å². The highest BCUT2D eigenvalue weighted by Gasteiger charge is 1.94. The number of fused-ring (bicyclic) bond motifs is 1. The molecule has 13 heavy (non-hydrogen) atoms. The van der Waals surface area contributed by atoms with Crippen LogP contribution < -0.4 is 0 Å². The molecule has 1 nitrogen and oxygen atoms in total. The standard InChI is InChI=1S/C9H6IN.C2H6/c10-9-8-4-2-1-3-7(8)5-6-11-9;1-2/h1-6H;1-2H3. The van der Waals surface area contributed by atoms with Crippen LogP contribution in [0.2, 0.25) is 0 Å². The fourth-order valence-corrected chi connectivity index (χ4v) is 1.73. The maximum atomic E-state index is 4.19. The molecule has 2 rings (SSSR count). The molecule has 1 aromatic heterocycles. The van der Waals surface area contributed by atoms with E-state index >= 15 is 0 Å². The zero-order chi connectivity index (χ0) is 9.68. The molecular formula is C11H12IN. The number of hydrogen-bond acceptors (Lipinski definition) is 1. The van der Waals surface area contributed by atoms with Gasteiger partial charge in [0, 0.05) is 11.6 Å². The van der Waals surface area contributed by atoms with E-state index in [2.05, 4.69) is 39.7 Å². The Morgan fingerprint density at radius 3 is 2.46 bits per heavy atom. The zero-order valence-corrected chi connectivity index (χ0v) is 9.95. The molecule has 0 N–H and O–H groups in total. The summed E-state index contributed by atoms with van der Waals surface area (Å²) < 4.78 is 1.07. The monoisotopic (exact) mass is 285 g/mol. The molecule has 0 radical (unpaired) electrons. The zero-order valence-electron chi connectivity index (χ0n) is 7.79. The van der Waals surface area contributed by atoms with Crippen LogP contribution in [0.25, 0.3) is 10.8 Å². The van der Waals surface area contributed by atoms with Gasteiger partial charge in [0.2, 0.25) is 0 Å². The third kappa shape index (κ3) is 2.40. The van der Waals surface area contributed by atoms with Crippen molar-refractivity contribution < 1.29 is 0 Å². The molecule has 2 aromatic rings. The largest absolute Gasteiger partial charge is 0.250 e. The first kappa shape index (κ1) is 10.4. The van der Waals surface area contributed by atoms with Crippen LogP contribution in [-0.2, 0) is 0 Å². The molecule has 1 heterocycles. The summed E-state index contributed by atoms with van der Waals surface area (Å²) in [7, 11) is 0. The lowest BCUT2D eigenvalue weighted by Gasteiger charge is -1.96. The van der Waals surface area contributed by atoms with Crippen LogP contribution in [0.3, 0.4) is 0 Å². The highest BCUT2D eigenvalue weighted by Crippen LogP contribution is 2.16. The summed E-state index contributed by atoms with van der Waals surface area (Å²) >= 11 is 2.25. The molecule has 2 heteroatoms. The van der Waals surface area contributed by atoms with E-state index in [0.29, 0.717) is 0 Å². The van der Waals surface area contributed by atoms with Gasteiger partial charge in [-0.1, -0.05) is 38.1 Å². The van der Waals surface area contributed by atoms with Gasteiger partial charge in [0.15, 0.2) is 0 Å². The van der Waals surface area contributed by atoms with Gasteiger partial charge >= 0.3 is 0 Å².